The maximum Gasteiger partial charge on any atom is 0.258 e. The minimum atomic E-state index is -0.699. The largest absolute Gasteiger partial charge is 0.482 e. The lowest BCUT2D eigenvalue weighted by atomic mass is 10.0. The molecule has 1 aromatic carbocycles. The van der Waals surface area contributed by atoms with E-state index in [1.54, 1.807) is 18.2 Å². The van der Waals surface area contributed by atoms with Crippen molar-refractivity contribution in [1.82, 2.24) is 15.5 Å². The fourth-order valence-electron chi connectivity index (χ4n) is 2.22. The summed E-state index contributed by atoms with van der Waals surface area (Å²) in [4.78, 5) is 24.6. The molecular formula is C17H20Cl2N4O3. The Kier molecular flexibility index (Phi) is 7.29. The minimum Gasteiger partial charge on any atom is -0.482 e. The van der Waals surface area contributed by atoms with Gasteiger partial charge in [-0.15, -0.1) is 0 Å². The van der Waals surface area contributed by atoms with E-state index in [0.717, 1.165) is 0 Å². The third kappa shape index (κ3) is 6.24. The zero-order chi connectivity index (χ0) is 19.1. The van der Waals surface area contributed by atoms with Gasteiger partial charge in [-0.1, -0.05) is 37.0 Å². The van der Waals surface area contributed by atoms with Crippen LogP contribution in [0.15, 0.2) is 30.5 Å². The Hall–Kier alpha value is -2.25. The second kappa shape index (κ2) is 9.45. The fraction of sp³-hybridized carbons (Fsp3) is 0.353. The van der Waals surface area contributed by atoms with Crippen molar-refractivity contribution >= 4 is 40.8 Å². The Morgan fingerprint density at radius 3 is 2.65 bits per heavy atom. The molecule has 9 heteroatoms. The zero-order valence-electron chi connectivity index (χ0n) is 14.4. The molecule has 7 nitrogen and oxygen atoms in total. The SMILES string of the molecule is CC(C)CC(NC(=O)COc1ccc(Cl)cc1Cl)C(=O)Nc1ccn[nH]1. The molecule has 1 unspecified atom stereocenters. The molecule has 0 aliphatic carbocycles. The molecule has 0 aliphatic heterocycles. The molecule has 0 spiro atoms. The van der Waals surface area contributed by atoms with Crippen LogP contribution in [0.3, 0.4) is 0 Å². The van der Waals surface area contributed by atoms with Crippen LogP contribution in [0.5, 0.6) is 5.75 Å². The molecule has 140 valence electrons. The maximum absolute atomic E-state index is 12.4. The Morgan fingerprint density at radius 2 is 2.04 bits per heavy atom. The summed E-state index contributed by atoms with van der Waals surface area (Å²) < 4.78 is 5.39. The molecule has 1 atom stereocenters. The van der Waals surface area contributed by atoms with E-state index < -0.39 is 11.9 Å². The summed E-state index contributed by atoms with van der Waals surface area (Å²) >= 11 is 11.8. The number of carbonyl (C=O) groups excluding carboxylic acids is 2. The molecule has 0 aliphatic rings. The summed E-state index contributed by atoms with van der Waals surface area (Å²) in [7, 11) is 0. The second-order valence-electron chi connectivity index (χ2n) is 6.07. The van der Waals surface area contributed by atoms with Gasteiger partial charge in [0.05, 0.1) is 11.2 Å². The molecule has 0 fully saturated rings. The Labute approximate surface area is 161 Å². The average molecular weight is 399 g/mol. The van der Waals surface area contributed by atoms with E-state index >= 15 is 0 Å². The number of rotatable bonds is 8. The number of ether oxygens (including phenoxy) is 1. The Balaban J connectivity index is 1.93. The first-order valence-electron chi connectivity index (χ1n) is 8.02. The molecule has 1 aromatic heterocycles. The molecule has 0 saturated heterocycles. The van der Waals surface area contributed by atoms with Crippen molar-refractivity contribution in [3.05, 3.63) is 40.5 Å². The van der Waals surface area contributed by atoms with Crippen molar-refractivity contribution in [2.24, 2.45) is 5.92 Å². The predicted molar refractivity (Wildman–Crippen MR) is 101 cm³/mol. The van der Waals surface area contributed by atoms with E-state index in [1.807, 2.05) is 13.8 Å². The zero-order valence-corrected chi connectivity index (χ0v) is 15.9. The molecule has 0 saturated carbocycles. The highest BCUT2D eigenvalue weighted by atomic mass is 35.5. The van der Waals surface area contributed by atoms with E-state index in [2.05, 4.69) is 20.8 Å². The number of nitrogens with one attached hydrogen (secondary N) is 3. The highest BCUT2D eigenvalue weighted by molar-refractivity contribution is 6.35. The van der Waals surface area contributed by atoms with Gasteiger partial charge in [0.2, 0.25) is 5.91 Å². The van der Waals surface area contributed by atoms with Gasteiger partial charge in [0.1, 0.15) is 17.6 Å². The minimum absolute atomic E-state index is 0.208. The van der Waals surface area contributed by atoms with Crippen molar-refractivity contribution in [3.63, 3.8) is 0 Å². The number of amides is 2. The first-order valence-corrected chi connectivity index (χ1v) is 8.78. The van der Waals surface area contributed by atoms with Gasteiger partial charge < -0.3 is 15.4 Å². The average Bonchev–Trinajstić information content (AvgIpc) is 3.06. The van der Waals surface area contributed by atoms with Crippen LogP contribution in [-0.4, -0.2) is 34.7 Å². The van der Waals surface area contributed by atoms with Crippen molar-refractivity contribution in [3.8, 4) is 5.75 Å². The van der Waals surface area contributed by atoms with Crippen LogP contribution in [-0.2, 0) is 9.59 Å². The Morgan fingerprint density at radius 1 is 1.27 bits per heavy atom. The van der Waals surface area contributed by atoms with Crippen LogP contribution in [0.4, 0.5) is 5.82 Å². The molecule has 2 rings (SSSR count). The molecular weight excluding hydrogens is 379 g/mol. The van der Waals surface area contributed by atoms with Gasteiger partial charge in [-0.2, -0.15) is 5.10 Å². The second-order valence-corrected chi connectivity index (χ2v) is 6.92. The van der Waals surface area contributed by atoms with Crippen LogP contribution in [0.2, 0.25) is 10.0 Å². The van der Waals surface area contributed by atoms with E-state index in [4.69, 9.17) is 27.9 Å². The normalized spacial score (nSPS) is 11.9. The lowest BCUT2D eigenvalue weighted by Gasteiger charge is -2.20. The number of hydrogen-bond donors (Lipinski definition) is 3. The van der Waals surface area contributed by atoms with Gasteiger partial charge in [-0.25, -0.2) is 0 Å². The highest BCUT2D eigenvalue weighted by Crippen LogP contribution is 2.27. The van der Waals surface area contributed by atoms with Crippen LogP contribution in [0.1, 0.15) is 20.3 Å². The van der Waals surface area contributed by atoms with Crippen molar-refractivity contribution in [1.29, 1.82) is 0 Å². The van der Waals surface area contributed by atoms with Gasteiger partial charge in [-0.05, 0) is 30.5 Å². The highest BCUT2D eigenvalue weighted by Gasteiger charge is 2.22. The molecule has 0 bridgehead atoms. The van der Waals surface area contributed by atoms with Crippen molar-refractivity contribution in [2.75, 3.05) is 11.9 Å². The summed E-state index contributed by atoms with van der Waals surface area (Å²) in [6.07, 6.45) is 2.00. The predicted octanol–water partition coefficient (Wildman–Crippen LogP) is 3.26. The van der Waals surface area contributed by atoms with Crippen LogP contribution >= 0.6 is 23.2 Å². The molecule has 26 heavy (non-hydrogen) atoms. The van der Waals surface area contributed by atoms with E-state index in [9.17, 15) is 9.59 Å². The van der Waals surface area contributed by atoms with Crippen LogP contribution in [0, 0.1) is 5.92 Å². The molecule has 1 heterocycles. The number of benzene rings is 1. The van der Waals surface area contributed by atoms with E-state index in [1.165, 1.54) is 12.3 Å². The van der Waals surface area contributed by atoms with E-state index in [0.29, 0.717) is 28.0 Å². The van der Waals surface area contributed by atoms with Gasteiger partial charge in [0, 0.05) is 11.1 Å². The quantitative estimate of drug-likeness (QED) is 0.635. The van der Waals surface area contributed by atoms with Crippen LogP contribution in [0.25, 0.3) is 0 Å². The third-order valence-electron chi connectivity index (χ3n) is 3.37. The number of nitrogens with zero attached hydrogens (tertiary/aromatic N) is 1. The topological polar surface area (TPSA) is 96.1 Å². The number of halogens is 2. The monoisotopic (exact) mass is 398 g/mol. The molecule has 0 radical (unpaired) electrons. The maximum atomic E-state index is 12.4. The number of anilines is 1. The van der Waals surface area contributed by atoms with Crippen molar-refractivity contribution < 1.29 is 14.3 Å². The lowest BCUT2D eigenvalue weighted by Crippen LogP contribution is -2.46. The number of H-pyrrole nitrogens is 1. The summed E-state index contributed by atoms with van der Waals surface area (Å²) in [5.74, 6) is 0.248. The first-order chi connectivity index (χ1) is 12.3. The van der Waals surface area contributed by atoms with Gasteiger partial charge >= 0.3 is 0 Å². The lowest BCUT2D eigenvalue weighted by molar-refractivity contribution is -0.128. The van der Waals surface area contributed by atoms with E-state index in [-0.39, 0.29) is 18.4 Å². The number of carbonyl (C=O) groups is 2. The summed E-state index contributed by atoms with van der Waals surface area (Å²) in [6, 6.07) is 5.64. The first kappa shape index (κ1) is 20.1. The van der Waals surface area contributed by atoms with Gasteiger partial charge in [-0.3, -0.25) is 14.7 Å². The third-order valence-corrected chi connectivity index (χ3v) is 3.90. The summed E-state index contributed by atoms with van der Waals surface area (Å²) in [5.41, 5.74) is 0. The number of hydrogen-bond acceptors (Lipinski definition) is 4. The Bertz CT molecular complexity index is 750. The molecule has 3 N–H and O–H groups in total. The smallest absolute Gasteiger partial charge is 0.258 e. The summed E-state index contributed by atoms with van der Waals surface area (Å²) in [6.45, 7) is 3.66. The standard InChI is InChI=1S/C17H20Cl2N4O3/c1-10(2)7-13(17(25)22-15-5-6-20-23-15)21-16(24)9-26-14-4-3-11(18)8-12(14)19/h3-6,8,10,13H,7,9H2,1-2H3,(H,21,24)(H2,20,22,23,25). The number of aromatic nitrogens is 2. The molecule has 2 aromatic rings. The molecule has 2 amide bonds. The van der Waals surface area contributed by atoms with Crippen LogP contribution < -0.4 is 15.4 Å². The number of aromatic amines is 1. The fourth-order valence-corrected chi connectivity index (χ4v) is 2.68. The van der Waals surface area contributed by atoms with Crippen molar-refractivity contribution in [2.45, 2.75) is 26.3 Å². The van der Waals surface area contributed by atoms with Gasteiger partial charge in [0.25, 0.3) is 5.91 Å². The summed E-state index contributed by atoms with van der Waals surface area (Å²) in [5, 5.41) is 12.5. The van der Waals surface area contributed by atoms with Gasteiger partial charge in [0.15, 0.2) is 6.61 Å².